The first kappa shape index (κ1) is 22.0. The summed E-state index contributed by atoms with van der Waals surface area (Å²) in [5.74, 6) is -2.30. The molecule has 0 atom stereocenters. The first-order valence-electron chi connectivity index (χ1n) is 9.58. The number of rotatable bonds is 6. The van der Waals surface area contributed by atoms with Crippen molar-refractivity contribution in [3.8, 4) is 0 Å². The quantitative estimate of drug-likeness (QED) is 0.444. The number of halogens is 2. The Hall–Kier alpha value is -3.22. The lowest BCUT2D eigenvalue weighted by atomic mass is 10.2. The maximum Gasteiger partial charge on any atom is 0.329 e. The highest BCUT2D eigenvalue weighted by molar-refractivity contribution is 7.89. The Morgan fingerprint density at radius 2 is 1.84 bits per heavy atom. The molecule has 0 amide bonds. The standard InChI is InChI=1S/C20H19F2N5O4S/c1-11-3-4-13-18-17(9-24-19(13)25-11)26(5-2-6-28)20(29)27(18)10-14-15(21)7-12(8-16(14)22)32(23,30)31/h3-4,7-9,28H,2,5-6,10H2,1H3,(H2,23,30,31). The van der Waals surface area contributed by atoms with E-state index in [9.17, 15) is 27.1 Å². The molecule has 1 aromatic carbocycles. The van der Waals surface area contributed by atoms with Crippen molar-refractivity contribution in [2.75, 3.05) is 6.61 Å². The lowest BCUT2D eigenvalue weighted by Crippen LogP contribution is -2.26. The van der Waals surface area contributed by atoms with Crippen LogP contribution in [0.15, 0.2) is 40.2 Å². The zero-order valence-electron chi connectivity index (χ0n) is 16.9. The molecule has 168 valence electrons. The summed E-state index contributed by atoms with van der Waals surface area (Å²) in [4.78, 5) is 21.1. The summed E-state index contributed by atoms with van der Waals surface area (Å²) in [6.45, 7) is 1.29. The Bertz CT molecular complexity index is 1510. The second-order valence-corrected chi connectivity index (χ2v) is 8.89. The average Bonchev–Trinajstić information content (AvgIpc) is 2.99. The molecule has 0 saturated heterocycles. The number of fused-ring (bicyclic) bond motifs is 3. The van der Waals surface area contributed by atoms with Gasteiger partial charge in [0.1, 0.15) is 11.6 Å². The molecule has 0 aliphatic carbocycles. The van der Waals surface area contributed by atoms with Crippen molar-refractivity contribution in [2.24, 2.45) is 5.14 Å². The topological polar surface area (TPSA) is 133 Å². The number of hydrogen-bond acceptors (Lipinski definition) is 6. The molecule has 3 N–H and O–H groups in total. The molecule has 0 spiro atoms. The molecule has 12 heteroatoms. The van der Waals surface area contributed by atoms with E-state index in [2.05, 4.69) is 9.97 Å². The number of hydrogen-bond donors (Lipinski definition) is 2. The van der Waals surface area contributed by atoms with E-state index in [1.54, 1.807) is 19.1 Å². The first-order valence-corrected chi connectivity index (χ1v) is 11.1. The molecule has 32 heavy (non-hydrogen) atoms. The summed E-state index contributed by atoms with van der Waals surface area (Å²) >= 11 is 0. The molecule has 3 heterocycles. The van der Waals surface area contributed by atoms with Gasteiger partial charge in [0.2, 0.25) is 10.0 Å². The van der Waals surface area contributed by atoms with Crippen LogP contribution in [0.25, 0.3) is 22.1 Å². The molecule has 0 radical (unpaired) electrons. The summed E-state index contributed by atoms with van der Waals surface area (Å²) in [7, 11) is -4.31. The predicted molar refractivity (Wildman–Crippen MR) is 113 cm³/mol. The van der Waals surface area contributed by atoms with Crippen LogP contribution in [0.1, 0.15) is 17.7 Å². The van der Waals surface area contributed by atoms with Crippen molar-refractivity contribution >= 4 is 32.1 Å². The number of aryl methyl sites for hydroxylation is 2. The van der Waals surface area contributed by atoms with Gasteiger partial charge in [-0.2, -0.15) is 0 Å². The van der Waals surface area contributed by atoms with Gasteiger partial charge in [-0.1, -0.05) is 0 Å². The van der Waals surface area contributed by atoms with Gasteiger partial charge in [0.25, 0.3) is 0 Å². The van der Waals surface area contributed by atoms with Crippen molar-refractivity contribution in [3.05, 3.63) is 63.8 Å². The highest BCUT2D eigenvalue weighted by Gasteiger charge is 2.22. The number of sulfonamides is 1. The fourth-order valence-corrected chi connectivity index (χ4v) is 4.15. The molecule has 4 aromatic rings. The van der Waals surface area contributed by atoms with E-state index in [4.69, 9.17) is 5.14 Å². The molecule has 0 bridgehead atoms. The highest BCUT2D eigenvalue weighted by atomic mass is 32.2. The van der Waals surface area contributed by atoms with Gasteiger partial charge in [0, 0.05) is 29.8 Å². The Kier molecular flexibility index (Phi) is 5.53. The number of benzene rings is 1. The lowest BCUT2D eigenvalue weighted by molar-refractivity contribution is 0.279. The lowest BCUT2D eigenvalue weighted by Gasteiger charge is -2.09. The summed E-state index contributed by atoms with van der Waals surface area (Å²) in [6.07, 6.45) is 1.74. The summed E-state index contributed by atoms with van der Waals surface area (Å²) < 4.78 is 54.9. The van der Waals surface area contributed by atoms with Crippen LogP contribution in [0, 0.1) is 18.6 Å². The van der Waals surface area contributed by atoms with Crippen LogP contribution in [0.3, 0.4) is 0 Å². The van der Waals surface area contributed by atoms with Crippen LogP contribution < -0.4 is 10.8 Å². The average molecular weight is 463 g/mol. The van der Waals surface area contributed by atoms with Gasteiger partial charge < -0.3 is 5.11 Å². The van der Waals surface area contributed by atoms with Crippen LogP contribution in [-0.2, 0) is 23.1 Å². The van der Waals surface area contributed by atoms with Gasteiger partial charge in [-0.05, 0) is 37.6 Å². The van der Waals surface area contributed by atoms with E-state index in [1.807, 2.05) is 0 Å². The maximum absolute atomic E-state index is 14.7. The molecule has 0 fully saturated rings. The highest BCUT2D eigenvalue weighted by Crippen LogP contribution is 2.25. The second-order valence-electron chi connectivity index (χ2n) is 7.32. The van der Waals surface area contributed by atoms with Crippen LogP contribution in [-0.4, -0.2) is 39.2 Å². The number of nitrogens with two attached hydrogens (primary N) is 1. The Labute approximate surface area is 180 Å². The third-order valence-electron chi connectivity index (χ3n) is 5.14. The third-order valence-corrected chi connectivity index (χ3v) is 6.04. The van der Waals surface area contributed by atoms with Gasteiger partial charge in [-0.25, -0.2) is 37.1 Å². The molecule has 0 unspecified atom stereocenters. The minimum Gasteiger partial charge on any atom is -0.396 e. The molecular weight excluding hydrogens is 444 g/mol. The number of aliphatic hydroxyl groups excluding tert-OH is 1. The van der Waals surface area contributed by atoms with E-state index in [-0.39, 0.29) is 19.6 Å². The Morgan fingerprint density at radius 3 is 2.47 bits per heavy atom. The normalized spacial score (nSPS) is 12.2. The molecule has 0 saturated carbocycles. The van der Waals surface area contributed by atoms with E-state index < -0.39 is 44.4 Å². The van der Waals surface area contributed by atoms with E-state index in [1.165, 1.54) is 15.3 Å². The SMILES string of the molecule is Cc1ccc2c(ncc3c2n(Cc2c(F)cc(S(N)(=O)=O)cc2F)c(=O)n3CCCO)n1. The minimum absolute atomic E-state index is 0.154. The summed E-state index contributed by atoms with van der Waals surface area (Å²) in [5.41, 5.74) is 0.802. The third kappa shape index (κ3) is 3.76. The summed E-state index contributed by atoms with van der Waals surface area (Å²) in [5, 5.41) is 14.7. The number of aromatic nitrogens is 4. The minimum atomic E-state index is -4.31. The molecule has 0 aliphatic heterocycles. The number of primary sulfonamides is 1. The van der Waals surface area contributed by atoms with Gasteiger partial charge in [0.15, 0.2) is 5.65 Å². The van der Waals surface area contributed by atoms with Crippen molar-refractivity contribution in [1.82, 2.24) is 19.1 Å². The summed E-state index contributed by atoms with van der Waals surface area (Å²) in [6, 6.07) is 4.68. The first-order chi connectivity index (χ1) is 15.1. The smallest absolute Gasteiger partial charge is 0.329 e. The van der Waals surface area contributed by atoms with Crippen molar-refractivity contribution in [2.45, 2.75) is 31.3 Å². The van der Waals surface area contributed by atoms with Gasteiger partial charge in [-0.15, -0.1) is 0 Å². The largest absolute Gasteiger partial charge is 0.396 e. The fourth-order valence-electron chi connectivity index (χ4n) is 3.62. The van der Waals surface area contributed by atoms with Crippen molar-refractivity contribution in [1.29, 1.82) is 0 Å². The fraction of sp³-hybridized carbons (Fsp3) is 0.250. The van der Waals surface area contributed by atoms with Crippen LogP contribution in [0.5, 0.6) is 0 Å². The van der Waals surface area contributed by atoms with Crippen LogP contribution >= 0.6 is 0 Å². The van der Waals surface area contributed by atoms with Gasteiger partial charge >= 0.3 is 5.69 Å². The number of nitrogens with zero attached hydrogens (tertiary/aromatic N) is 4. The molecule has 0 aliphatic rings. The van der Waals surface area contributed by atoms with Crippen LogP contribution in [0.4, 0.5) is 8.78 Å². The number of imidazole rings is 1. The van der Waals surface area contributed by atoms with Gasteiger partial charge in [-0.3, -0.25) is 9.13 Å². The van der Waals surface area contributed by atoms with E-state index in [0.29, 0.717) is 39.9 Å². The monoisotopic (exact) mass is 463 g/mol. The van der Waals surface area contributed by atoms with Gasteiger partial charge in [0.05, 0.1) is 28.7 Å². The molecule has 4 rings (SSSR count). The maximum atomic E-state index is 14.7. The number of pyridine rings is 2. The van der Waals surface area contributed by atoms with Crippen molar-refractivity contribution in [3.63, 3.8) is 0 Å². The zero-order valence-corrected chi connectivity index (χ0v) is 17.7. The molecule has 3 aromatic heterocycles. The zero-order chi connectivity index (χ0) is 23.2. The molecular formula is C20H19F2N5O4S. The van der Waals surface area contributed by atoms with E-state index >= 15 is 0 Å². The Balaban J connectivity index is 1.98. The van der Waals surface area contributed by atoms with Crippen LogP contribution in [0.2, 0.25) is 0 Å². The molecule has 9 nitrogen and oxygen atoms in total. The second kappa shape index (κ2) is 8.04. The predicted octanol–water partition coefficient (Wildman–Crippen LogP) is 1.41. The number of aliphatic hydroxyl groups is 1. The van der Waals surface area contributed by atoms with E-state index in [0.717, 1.165) is 0 Å². The Morgan fingerprint density at radius 1 is 1.16 bits per heavy atom. The van der Waals surface area contributed by atoms with Crippen molar-refractivity contribution < 1.29 is 22.3 Å².